The molecule has 0 aliphatic carbocycles. The van der Waals surface area contributed by atoms with Gasteiger partial charge >= 0.3 is 0 Å². The van der Waals surface area contributed by atoms with E-state index in [1.807, 2.05) is 50.2 Å². The van der Waals surface area contributed by atoms with Gasteiger partial charge in [0.05, 0.1) is 29.6 Å². The minimum atomic E-state index is -1.32. The zero-order valence-electron chi connectivity index (χ0n) is 16.0. The van der Waals surface area contributed by atoms with Crippen LogP contribution in [0.25, 0.3) is 0 Å². The average molecular weight is 419 g/mol. The largest absolute Gasteiger partial charge is 0.445 e. The maximum atomic E-state index is 12.5. The Morgan fingerprint density at radius 1 is 1.21 bits per heavy atom. The van der Waals surface area contributed by atoms with Crippen LogP contribution < -0.4 is 10.2 Å². The normalized spacial score (nSPS) is 12.0. The van der Waals surface area contributed by atoms with Crippen molar-refractivity contribution in [3.63, 3.8) is 0 Å². The van der Waals surface area contributed by atoms with Crippen molar-refractivity contribution in [2.24, 2.45) is 0 Å². The predicted molar refractivity (Wildman–Crippen MR) is 111 cm³/mol. The molecule has 2 heterocycles. The molecular formula is C19H22N4O3S2. The molecule has 1 N–H and O–H groups in total. The van der Waals surface area contributed by atoms with Crippen molar-refractivity contribution in [1.29, 1.82) is 0 Å². The number of rotatable bonds is 8. The summed E-state index contributed by atoms with van der Waals surface area (Å²) in [5.74, 6) is 1.23. The Morgan fingerprint density at radius 2 is 1.96 bits per heavy atom. The van der Waals surface area contributed by atoms with Gasteiger partial charge in [-0.3, -0.25) is 9.00 Å². The Kier molecular flexibility index (Phi) is 6.58. The Morgan fingerprint density at radius 3 is 2.61 bits per heavy atom. The second-order valence-electron chi connectivity index (χ2n) is 6.33. The summed E-state index contributed by atoms with van der Waals surface area (Å²) in [6, 6.07) is 7.80. The summed E-state index contributed by atoms with van der Waals surface area (Å²) in [5, 5.41) is 3.20. The fourth-order valence-corrected chi connectivity index (χ4v) is 4.47. The molecule has 1 unspecified atom stereocenters. The third kappa shape index (κ3) is 5.26. The summed E-state index contributed by atoms with van der Waals surface area (Å²) < 4.78 is 18.5. The Balaban J connectivity index is 1.55. The molecule has 3 rings (SSSR count). The molecule has 7 nitrogen and oxygen atoms in total. The van der Waals surface area contributed by atoms with E-state index in [0.717, 1.165) is 23.4 Å². The number of aromatic nitrogens is 2. The number of thiazole rings is 1. The van der Waals surface area contributed by atoms with Crippen molar-refractivity contribution in [2.75, 3.05) is 24.3 Å². The molecule has 0 aliphatic heterocycles. The molecule has 28 heavy (non-hydrogen) atoms. The summed E-state index contributed by atoms with van der Waals surface area (Å²) >= 11 is 1.20. The highest BCUT2D eigenvalue weighted by Gasteiger charge is 2.15. The number of nitrogens with zero attached hydrogens (tertiary/aromatic N) is 3. The van der Waals surface area contributed by atoms with Crippen molar-refractivity contribution in [3.8, 4) is 0 Å². The van der Waals surface area contributed by atoms with Gasteiger partial charge in [0.2, 0.25) is 11.8 Å². The minimum Gasteiger partial charge on any atom is -0.445 e. The van der Waals surface area contributed by atoms with E-state index < -0.39 is 10.8 Å². The average Bonchev–Trinajstić information content (AvgIpc) is 3.31. The van der Waals surface area contributed by atoms with E-state index in [4.69, 9.17) is 4.42 Å². The molecule has 0 saturated carbocycles. The summed E-state index contributed by atoms with van der Waals surface area (Å²) in [5.41, 5.74) is 1.99. The predicted octanol–water partition coefficient (Wildman–Crippen LogP) is 3.25. The molecule has 0 spiro atoms. The summed E-state index contributed by atoms with van der Waals surface area (Å²) in [6.07, 6.45) is 4.16. The number of amides is 1. The Bertz CT molecular complexity index is 964. The highest BCUT2D eigenvalue weighted by Crippen LogP contribution is 2.24. The quantitative estimate of drug-likeness (QED) is 0.604. The molecule has 3 aromatic rings. The molecule has 0 fully saturated rings. The maximum Gasteiger partial charge on any atom is 0.230 e. The molecule has 9 heteroatoms. The van der Waals surface area contributed by atoms with E-state index in [2.05, 4.69) is 15.3 Å². The molecule has 1 atom stereocenters. The standard InChI is InChI=1S/C19H22N4O3S2/c1-4-15-10-20-17(26-15)12-28(25)18-11-21-19(27-18)22-16(24)9-13-5-7-14(8-6-13)23(2)3/h5-8,10-11H,4,9,12H2,1-3H3,(H,21,22,24). The third-order valence-corrected chi connectivity index (χ3v) is 6.56. The first-order valence-electron chi connectivity index (χ1n) is 8.78. The van der Waals surface area contributed by atoms with Gasteiger partial charge in [-0.1, -0.05) is 30.4 Å². The van der Waals surface area contributed by atoms with Gasteiger partial charge in [0.15, 0.2) is 5.13 Å². The molecular weight excluding hydrogens is 396 g/mol. The van der Waals surface area contributed by atoms with Crippen LogP contribution in [0.4, 0.5) is 10.8 Å². The smallest absolute Gasteiger partial charge is 0.230 e. The fourth-order valence-electron chi connectivity index (χ4n) is 2.44. The first-order valence-corrected chi connectivity index (χ1v) is 10.9. The topological polar surface area (TPSA) is 88.3 Å². The van der Waals surface area contributed by atoms with Gasteiger partial charge in [0.25, 0.3) is 0 Å². The Labute approximate surface area is 170 Å². The van der Waals surface area contributed by atoms with Crippen LogP contribution in [-0.2, 0) is 34.2 Å². The van der Waals surface area contributed by atoms with Crippen molar-refractivity contribution < 1.29 is 13.4 Å². The summed E-state index contributed by atoms with van der Waals surface area (Å²) in [4.78, 5) is 22.5. The number of carbonyl (C=O) groups is 1. The molecule has 2 aromatic heterocycles. The molecule has 148 valence electrons. The van der Waals surface area contributed by atoms with E-state index in [9.17, 15) is 9.00 Å². The molecule has 0 saturated heterocycles. The number of oxazole rings is 1. The van der Waals surface area contributed by atoms with Crippen LogP contribution in [0.5, 0.6) is 0 Å². The molecule has 1 amide bonds. The van der Waals surface area contributed by atoms with E-state index in [1.54, 1.807) is 6.20 Å². The van der Waals surface area contributed by atoms with Gasteiger partial charge in [0, 0.05) is 26.2 Å². The third-order valence-electron chi connectivity index (χ3n) is 3.98. The van der Waals surface area contributed by atoms with Crippen molar-refractivity contribution in [1.82, 2.24) is 9.97 Å². The zero-order chi connectivity index (χ0) is 20.1. The highest BCUT2D eigenvalue weighted by molar-refractivity contribution is 7.86. The summed E-state index contributed by atoms with van der Waals surface area (Å²) in [7, 11) is 2.62. The number of nitrogens with one attached hydrogen (secondary N) is 1. The van der Waals surface area contributed by atoms with Gasteiger partial charge < -0.3 is 14.6 Å². The fraction of sp³-hybridized carbons (Fsp3) is 0.316. The van der Waals surface area contributed by atoms with Crippen LogP contribution in [0, 0.1) is 0 Å². The molecule has 0 bridgehead atoms. The van der Waals surface area contributed by atoms with Gasteiger partial charge in [-0.2, -0.15) is 0 Å². The highest BCUT2D eigenvalue weighted by atomic mass is 32.2. The number of hydrogen-bond acceptors (Lipinski definition) is 7. The second kappa shape index (κ2) is 9.11. The van der Waals surface area contributed by atoms with Gasteiger partial charge in [-0.25, -0.2) is 9.97 Å². The van der Waals surface area contributed by atoms with E-state index in [0.29, 0.717) is 15.2 Å². The monoisotopic (exact) mass is 418 g/mol. The maximum absolute atomic E-state index is 12.5. The lowest BCUT2D eigenvalue weighted by atomic mass is 10.1. The van der Waals surface area contributed by atoms with Crippen LogP contribution in [-0.4, -0.2) is 34.2 Å². The van der Waals surface area contributed by atoms with Gasteiger partial charge in [0.1, 0.15) is 15.7 Å². The van der Waals surface area contributed by atoms with Crippen molar-refractivity contribution >= 4 is 38.9 Å². The first-order chi connectivity index (χ1) is 13.4. The van der Waals surface area contributed by atoms with Gasteiger partial charge in [-0.15, -0.1) is 0 Å². The number of carbonyl (C=O) groups excluding carboxylic acids is 1. The number of benzene rings is 1. The van der Waals surface area contributed by atoms with Crippen LogP contribution in [0.2, 0.25) is 0 Å². The zero-order valence-corrected chi connectivity index (χ0v) is 17.6. The minimum absolute atomic E-state index is 0.162. The SMILES string of the molecule is CCc1cnc(CS(=O)c2cnc(NC(=O)Cc3ccc(N(C)C)cc3)s2)o1. The number of aryl methyl sites for hydroxylation is 1. The van der Waals surface area contributed by atoms with Crippen LogP contribution in [0.3, 0.4) is 0 Å². The summed E-state index contributed by atoms with van der Waals surface area (Å²) in [6.45, 7) is 1.97. The van der Waals surface area contributed by atoms with E-state index in [-0.39, 0.29) is 18.1 Å². The molecule has 0 aliphatic rings. The van der Waals surface area contributed by atoms with Gasteiger partial charge in [-0.05, 0) is 17.7 Å². The van der Waals surface area contributed by atoms with Crippen molar-refractivity contribution in [2.45, 2.75) is 29.7 Å². The van der Waals surface area contributed by atoms with Crippen LogP contribution in [0.15, 0.2) is 45.3 Å². The van der Waals surface area contributed by atoms with Crippen molar-refractivity contribution in [3.05, 3.63) is 53.9 Å². The number of anilines is 2. The molecule has 1 aromatic carbocycles. The first kappa shape index (κ1) is 20.2. The van der Waals surface area contributed by atoms with E-state index in [1.165, 1.54) is 17.5 Å². The lowest BCUT2D eigenvalue weighted by Crippen LogP contribution is -2.14. The number of hydrogen-bond donors (Lipinski definition) is 1. The van der Waals surface area contributed by atoms with E-state index >= 15 is 0 Å². The lowest BCUT2D eigenvalue weighted by Gasteiger charge is -2.12. The lowest BCUT2D eigenvalue weighted by molar-refractivity contribution is -0.115. The molecule has 0 radical (unpaired) electrons. The van der Waals surface area contributed by atoms with Crippen LogP contribution in [0.1, 0.15) is 24.1 Å². The Hall–Kier alpha value is -2.52. The van der Waals surface area contributed by atoms with Crippen LogP contribution >= 0.6 is 11.3 Å². The second-order valence-corrected chi connectivity index (χ2v) is 9.04.